The first-order chi connectivity index (χ1) is 9.11. The van der Waals surface area contributed by atoms with Crippen molar-refractivity contribution in [1.29, 1.82) is 0 Å². The summed E-state index contributed by atoms with van der Waals surface area (Å²) in [6, 6.07) is 8.34. The van der Waals surface area contributed by atoms with Gasteiger partial charge in [0.1, 0.15) is 11.3 Å². The molecular formula is C13H11BrN2O3. The Balaban J connectivity index is 2.38. The van der Waals surface area contributed by atoms with Crippen molar-refractivity contribution in [3.05, 3.63) is 46.6 Å². The van der Waals surface area contributed by atoms with E-state index in [9.17, 15) is 4.79 Å². The first-order valence-electron chi connectivity index (χ1n) is 5.38. The highest BCUT2D eigenvalue weighted by molar-refractivity contribution is 9.10. The second kappa shape index (κ2) is 5.71. The Morgan fingerprint density at radius 2 is 2.16 bits per heavy atom. The molecule has 0 saturated heterocycles. The lowest BCUT2D eigenvalue weighted by Gasteiger charge is -2.10. The Kier molecular flexibility index (Phi) is 4.01. The third kappa shape index (κ3) is 3.03. The van der Waals surface area contributed by atoms with Gasteiger partial charge in [-0.1, -0.05) is 0 Å². The highest BCUT2D eigenvalue weighted by Crippen LogP contribution is 2.32. The van der Waals surface area contributed by atoms with Crippen LogP contribution >= 0.6 is 15.9 Å². The van der Waals surface area contributed by atoms with Gasteiger partial charge in [-0.15, -0.1) is 0 Å². The van der Waals surface area contributed by atoms with Crippen molar-refractivity contribution in [2.75, 3.05) is 12.8 Å². The Labute approximate surface area is 118 Å². The summed E-state index contributed by atoms with van der Waals surface area (Å²) in [7, 11) is 1.30. The lowest BCUT2D eigenvalue weighted by Crippen LogP contribution is -2.05. The number of hydrogen-bond acceptors (Lipinski definition) is 5. The van der Waals surface area contributed by atoms with Crippen LogP contribution in [0.5, 0.6) is 11.6 Å². The summed E-state index contributed by atoms with van der Waals surface area (Å²) in [4.78, 5) is 15.6. The summed E-state index contributed by atoms with van der Waals surface area (Å²) in [6.45, 7) is 0. The van der Waals surface area contributed by atoms with Crippen molar-refractivity contribution in [3.63, 3.8) is 0 Å². The number of benzene rings is 1. The minimum absolute atomic E-state index is 0.167. The van der Waals surface area contributed by atoms with Crippen molar-refractivity contribution >= 4 is 27.6 Å². The molecule has 0 aliphatic heterocycles. The summed E-state index contributed by atoms with van der Waals surface area (Å²) < 4.78 is 11.0. The van der Waals surface area contributed by atoms with Crippen molar-refractivity contribution in [3.8, 4) is 11.6 Å². The quantitative estimate of drug-likeness (QED) is 0.694. The monoisotopic (exact) mass is 322 g/mol. The van der Waals surface area contributed by atoms with E-state index in [4.69, 9.17) is 10.5 Å². The van der Waals surface area contributed by atoms with Gasteiger partial charge in [0.15, 0.2) is 0 Å². The molecule has 0 aliphatic rings. The van der Waals surface area contributed by atoms with E-state index in [1.165, 1.54) is 13.3 Å². The molecule has 1 aromatic heterocycles. The fraction of sp³-hybridized carbons (Fsp3) is 0.0769. The van der Waals surface area contributed by atoms with Crippen LogP contribution < -0.4 is 10.5 Å². The van der Waals surface area contributed by atoms with Crippen molar-refractivity contribution in [1.82, 2.24) is 4.98 Å². The largest absolute Gasteiger partial charge is 0.465 e. The standard InChI is InChI=1S/C13H11BrN2O3/c1-18-13(17)9-3-2-6-16-12(9)19-11-7-8(15)4-5-10(11)14/h2-7H,15H2,1H3. The molecule has 6 heteroatoms. The first kappa shape index (κ1) is 13.4. The van der Waals surface area contributed by atoms with Gasteiger partial charge in [0.05, 0.1) is 11.6 Å². The number of aromatic nitrogens is 1. The van der Waals surface area contributed by atoms with Crippen molar-refractivity contribution in [2.45, 2.75) is 0 Å². The van der Waals surface area contributed by atoms with Crippen LogP contribution in [0.25, 0.3) is 0 Å². The maximum atomic E-state index is 11.6. The number of ether oxygens (including phenoxy) is 2. The second-order valence-corrected chi connectivity index (χ2v) is 4.49. The molecular weight excluding hydrogens is 312 g/mol. The minimum atomic E-state index is -0.511. The average Bonchev–Trinajstić information content (AvgIpc) is 2.42. The van der Waals surface area contributed by atoms with Crippen LogP contribution in [-0.2, 0) is 4.74 Å². The minimum Gasteiger partial charge on any atom is -0.465 e. The van der Waals surface area contributed by atoms with Crippen LogP contribution in [0.4, 0.5) is 5.69 Å². The van der Waals surface area contributed by atoms with Crippen LogP contribution in [0.1, 0.15) is 10.4 Å². The molecule has 0 spiro atoms. The molecule has 0 bridgehead atoms. The number of carbonyl (C=O) groups is 1. The van der Waals surface area contributed by atoms with Crippen molar-refractivity contribution in [2.24, 2.45) is 0 Å². The molecule has 0 amide bonds. The van der Waals surface area contributed by atoms with Gasteiger partial charge in [0.2, 0.25) is 5.88 Å². The Morgan fingerprint density at radius 3 is 2.89 bits per heavy atom. The summed E-state index contributed by atoms with van der Waals surface area (Å²) in [6.07, 6.45) is 1.53. The van der Waals surface area contributed by atoms with E-state index in [0.29, 0.717) is 15.9 Å². The maximum absolute atomic E-state index is 11.6. The van der Waals surface area contributed by atoms with Gasteiger partial charge in [-0.05, 0) is 40.2 Å². The van der Waals surface area contributed by atoms with E-state index >= 15 is 0 Å². The van der Waals surface area contributed by atoms with Crippen LogP contribution in [0.15, 0.2) is 41.0 Å². The zero-order chi connectivity index (χ0) is 13.8. The van der Waals surface area contributed by atoms with E-state index in [0.717, 1.165) is 0 Å². The van der Waals surface area contributed by atoms with E-state index in [-0.39, 0.29) is 11.4 Å². The Bertz CT molecular complexity index is 617. The fourth-order valence-electron chi connectivity index (χ4n) is 1.44. The lowest BCUT2D eigenvalue weighted by molar-refractivity contribution is 0.0597. The molecule has 98 valence electrons. The number of rotatable bonds is 3. The van der Waals surface area contributed by atoms with Gasteiger partial charge >= 0.3 is 5.97 Å². The zero-order valence-electron chi connectivity index (χ0n) is 10.1. The second-order valence-electron chi connectivity index (χ2n) is 3.64. The molecule has 0 fully saturated rings. The predicted molar refractivity (Wildman–Crippen MR) is 74.2 cm³/mol. The summed E-state index contributed by atoms with van der Waals surface area (Å²) in [5, 5.41) is 0. The maximum Gasteiger partial charge on any atom is 0.343 e. The number of halogens is 1. The number of carbonyl (C=O) groups excluding carboxylic acids is 1. The number of nitrogen functional groups attached to an aromatic ring is 1. The molecule has 1 heterocycles. The van der Waals surface area contributed by atoms with Crippen LogP contribution in [0.3, 0.4) is 0 Å². The molecule has 2 rings (SSSR count). The molecule has 1 aromatic carbocycles. The first-order valence-corrected chi connectivity index (χ1v) is 6.17. The van der Waals surface area contributed by atoms with Crippen LogP contribution in [0.2, 0.25) is 0 Å². The molecule has 0 aliphatic carbocycles. The fourth-order valence-corrected chi connectivity index (χ4v) is 1.77. The molecule has 2 N–H and O–H groups in total. The topological polar surface area (TPSA) is 74.4 Å². The Morgan fingerprint density at radius 1 is 1.37 bits per heavy atom. The number of anilines is 1. The number of hydrogen-bond donors (Lipinski definition) is 1. The molecule has 0 saturated carbocycles. The molecule has 0 atom stereocenters. The molecule has 0 radical (unpaired) electrons. The van der Waals surface area contributed by atoms with Gasteiger partial charge in [0, 0.05) is 18.0 Å². The normalized spacial score (nSPS) is 10.0. The van der Waals surface area contributed by atoms with E-state index < -0.39 is 5.97 Å². The van der Waals surface area contributed by atoms with Gasteiger partial charge in [-0.2, -0.15) is 0 Å². The molecule has 0 unspecified atom stereocenters. The smallest absolute Gasteiger partial charge is 0.343 e. The van der Waals surface area contributed by atoms with Gasteiger partial charge in [-0.25, -0.2) is 9.78 Å². The van der Waals surface area contributed by atoms with Gasteiger partial charge < -0.3 is 15.2 Å². The highest BCUT2D eigenvalue weighted by atomic mass is 79.9. The summed E-state index contributed by atoms with van der Waals surface area (Å²) >= 11 is 3.34. The number of pyridine rings is 1. The van der Waals surface area contributed by atoms with E-state index in [1.54, 1.807) is 30.3 Å². The van der Waals surface area contributed by atoms with E-state index in [1.807, 2.05) is 0 Å². The third-order valence-electron chi connectivity index (χ3n) is 2.34. The highest BCUT2D eigenvalue weighted by Gasteiger charge is 2.15. The molecule has 2 aromatic rings. The van der Waals surface area contributed by atoms with Crippen LogP contribution in [-0.4, -0.2) is 18.1 Å². The SMILES string of the molecule is COC(=O)c1cccnc1Oc1cc(N)ccc1Br. The summed E-state index contributed by atoms with van der Waals surface area (Å²) in [5.41, 5.74) is 6.49. The average molecular weight is 323 g/mol. The molecule has 19 heavy (non-hydrogen) atoms. The van der Waals surface area contributed by atoms with E-state index in [2.05, 4.69) is 25.7 Å². The number of nitrogens with two attached hydrogens (primary N) is 1. The van der Waals surface area contributed by atoms with Gasteiger partial charge in [-0.3, -0.25) is 0 Å². The van der Waals surface area contributed by atoms with Crippen LogP contribution in [0, 0.1) is 0 Å². The van der Waals surface area contributed by atoms with Gasteiger partial charge in [0.25, 0.3) is 0 Å². The molecule has 5 nitrogen and oxygen atoms in total. The number of methoxy groups -OCH3 is 1. The zero-order valence-corrected chi connectivity index (χ0v) is 11.7. The van der Waals surface area contributed by atoms with Crippen molar-refractivity contribution < 1.29 is 14.3 Å². The summed E-state index contributed by atoms with van der Waals surface area (Å²) in [5.74, 6) is 0.132. The number of nitrogens with zero attached hydrogens (tertiary/aromatic N) is 1. The lowest BCUT2D eigenvalue weighted by atomic mass is 10.2. The predicted octanol–water partition coefficient (Wildman–Crippen LogP) is 3.01. The third-order valence-corrected chi connectivity index (χ3v) is 2.99. The Hall–Kier alpha value is -2.08. The number of esters is 1.